The Morgan fingerprint density at radius 2 is 2.03 bits per heavy atom. The number of carboxylic acids is 1. The van der Waals surface area contributed by atoms with Gasteiger partial charge in [-0.3, -0.25) is 4.72 Å². The van der Waals surface area contributed by atoms with Gasteiger partial charge in [-0.15, -0.1) is 0 Å². The summed E-state index contributed by atoms with van der Waals surface area (Å²) in [4.78, 5) is 15.7. The fraction of sp³-hybridized carbons (Fsp3) is 0.238. The predicted octanol–water partition coefficient (Wildman–Crippen LogP) is 4.56. The van der Waals surface area contributed by atoms with E-state index in [9.17, 15) is 14.1 Å². The molecule has 0 fully saturated rings. The third-order valence-corrected chi connectivity index (χ3v) is 5.87. The predicted molar refractivity (Wildman–Crippen MR) is 119 cm³/mol. The second-order valence-corrected chi connectivity index (χ2v) is 8.63. The molecule has 10 heteroatoms. The van der Waals surface area contributed by atoms with E-state index in [1.807, 2.05) is 13.0 Å². The first-order chi connectivity index (χ1) is 14.8. The second kappa shape index (κ2) is 9.52. The van der Waals surface area contributed by atoms with Gasteiger partial charge in [0.1, 0.15) is 10.6 Å². The summed E-state index contributed by atoms with van der Waals surface area (Å²) in [7, 11) is -2.04. The van der Waals surface area contributed by atoms with Crippen LogP contribution in [0.1, 0.15) is 30.1 Å². The van der Waals surface area contributed by atoms with Crippen LogP contribution in [0.15, 0.2) is 59.8 Å². The number of carboxylic acid groups (broad SMARTS) is 1. The molecule has 0 aliphatic rings. The highest BCUT2D eigenvalue weighted by atomic mass is 32.2. The van der Waals surface area contributed by atoms with E-state index in [0.717, 1.165) is 12.8 Å². The van der Waals surface area contributed by atoms with Gasteiger partial charge in [-0.25, -0.2) is 18.8 Å². The van der Waals surface area contributed by atoms with Crippen molar-refractivity contribution in [3.63, 3.8) is 0 Å². The van der Waals surface area contributed by atoms with Gasteiger partial charge in [-0.2, -0.15) is 0 Å². The topological polar surface area (TPSA) is 129 Å². The zero-order valence-corrected chi connectivity index (χ0v) is 18.1. The summed E-state index contributed by atoms with van der Waals surface area (Å²) >= 11 is 0. The van der Waals surface area contributed by atoms with Crippen molar-refractivity contribution < 1.29 is 18.8 Å². The zero-order chi connectivity index (χ0) is 22.4. The number of ether oxygens (including phenoxy) is 1. The number of para-hydroxylation sites is 1. The molecule has 0 saturated heterocycles. The third-order valence-electron chi connectivity index (χ3n) is 4.48. The molecular formula is C21H25N5O4S. The van der Waals surface area contributed by atoms with Crippen LogP contribution in [0, 0.1) is 4.78 Å². The SMILES string of the molecule is CCCCNc1cc(C(=O)O)cc(S(=N)(=O)Nc2nccn2C)c1Oc1ccccc1. The molecule has 0 spiro atoms. The van der Waals surface area contributed by atoms with Crippen LogP contribution in [0.25, 0.3) is 0 Å². The molecule has 1 heterocycles. The fourth-order valence-electron chi connectivity index (χ4n) is 2.83. The average Bonchev–Trinajstić information content (AvgIpc) is 3.13. The maximum Gasteiger partial charge on any atom is 0.335 e. The van der Waals surface area contributed by atoms with Crippen LogP contribution in [0.5, 0.6) is 11.5 Å². The van der Waals surface area contributed by atoms with Crippen molar-refractivity contribution >= 4 is 27.5 Å². The molecule has 9 nitrogen and oxygen atoms in total. The van der Waals surface area contributed by atoms with Gasteiger partial charge in [-0.05, 0) is 30.7 Å². The van der Waals surface area contributed by atoms with Crippen LogP contribution in [-0.2, 0) is 17.0 Å². The Balaban J connectivity index is 2.15. The first-order valence-electron chi connectivity index (χ1n) is 9.74. The fourth-order valence-corrected chi connectivity index (χ4v) is 4.10. The van der Waals surface area contributed by atoms with Crippen LogP contribution in [0.3, 0.4) is 0 Å². The van der Waals surface area contributed by atoms with Gasteiger partial charge in [0.05, 0.1) is 11.3 Å². The van der Waals surface area contributed by atoms with Crippen molar-refractivity contribution in [2.24, 2.45) is 7.05 Å². The van der Waals surface area contributed by atoms with Crippen LogP contribution < -0.4 is 14.8 Å². The number of hydrogen-bond acceptors (Lipinski definition) is 6. The first-order valence-corrected chi connectivity index (χ1v) is 11.3. The van der Waals surface area contributed by atoms with Crippen LogP contribution in [0.4, 0.5) is 11.6 Å². The lowest BCUT2D eigenvalue weighted by Gasteiger charge is -2.20. The number of hydrogen-bond donors (Lipinski definition) is 4. The average molecular weight is 444 g/mol. The van der Waals surface area contributed by atoms with E-state index in [1.165, 1.54) is 18.3 Å². The molecule has 0 amide bonds. The standard InChI is InChI=1S/C21H25N5O4S/c1-3-4-10-23-17-13-15(20(27)28)14-18(19(17)30-16-8-6-5-7-9-16)31(22,29)25-21-24-11-12-26(21)2/h5-9,11-14,23H,3-4,10H2,1-2H3,(H,27,28)(H2,22,24,25,29). The molecule has 1 atom stereocenters. The summed E-state index contributed by atoms with van der Waals surface area (Å²) in [6.45, 7) is 2.60. The van der Waals surface area contributed by atoms with Gasteiger partial charge < -0.3 is 19.7 Å². The largest absolute Gasteiger partial charge is 0.478 e. The molecule has 2 aromatic carbocycles. The minimum Gasteiger partial charge on any atom is -0.478 e. The molecule has 1 aromatic heterocycles. The molecule has 3 rings (SSSR count). The molecule has 164 valence electrons. The number of imidazole rings is 1. The Bertz CT molecular complexity index is 1160. The second-order valence-electron chi connectivity index (χ2n) is 6.87. The summed E-state index contributed by atoms with van der Waals surface area (Å²) in [5, 5.41) is 12.8. The summed E-state index contributed by atoms with van der Waals surface area (Å²) < 4.78 is 32.2. The molecule has 0 bridgehead atoms. The van der Waals surface area contributed by atoms with E-state index in [1.54, 1.807) is 42.1 Å². The van der Waals surface area contributed by atoms with E-state index in [-0.39, 0.29) is 22.2 Å². The summed E-state index contributed by atoms with van der Waals surface area (Å²) in [5.41, 5.74) is 0.254. The Kier molecular flexibility index (Phi) is 6.81. The van der Waals surface area contributed by atoms with Crippen LogP contribution >= 0.6 is 0 Å². The van der Waals surface area contributed by atoms with E-state index < -0.39 is 15.9 Å². The van der Waals surface area contributed by atoms with Crippen molar-refractivity contribution in [2.75, 3.05) is 16.6 Å². The lowest BCUT2D eigenvalue weighted by atomic mass is 10.1. The minimum atomic E-state index is -3.73. The number of aromatic nitrogens is 2. The quantitative estimate of drug-likeness (QED) is 0.340. The molecule has 0 radical (unpaired) electrons. The number of carbonyl (C=O) groups is 1. The molecule has 4 N–H and O–H groups in total. The van der Waals surface area contributed by atoms with Gasteiger partial charge >= 0.3 is 5.97 Å². The Hall–Kier alpha value is -3.53. The highest BCUT2D eigenvalue weighted by Crippen LogP contribution is 2.38. The zero-order valence-electron chi connectivity index (χ0n) is 17.3. The number of rotatable bonds is 10. The van der Waals surface area contributed by atoms with Crippen molar-refractivity contribution in [2.45, 2.75) is 24.7 Å². The molecule has 0 saturated carbocycles. The molecule has 1 unspecified atom stereocenters. The summed E-state index contributed by atoms with van der Waals surface area (Å²) in [5.74, 6) is -0.378. The number of nitrogens with zero attached hydrogens (tertiary/aromatic N) is 2. The molecule has 3 aromatic rings. The Morgan fingerprint density at radius 1 is 1.29 bits per heavy atom. The Morgan fingerprint density at radius 3 is 2.65 bits per heavy atom. The molecule has 0 aliphatic heterocycles. The molecule has 0 aliphatic carbocycles. The maximum absolute atomic E-state index is 13.5. The Labute approximate surface area is 181 Å². The van der Waals surface area contributed by atoms with Gasteiger partial charge in [-0.1, -0.05) is 31.5 Å². The highest BCUT2D eigenvalue weighted by molar-refractivity contribution is 7.93. The smallest absolute Gasteiger partial charge is 0.335 e. The van der Waals surface area contributed by atoms with Crippen molar-refractivity contribution in [3.05, 3.63) is 60.4 Å². The number of anilines is 2. The normalized spacial score (nSPS) is 12.7. The number of aromatic carboxylic acids is 1. The minimum absolute atomic E-state index is 0.0850. The van der Waals surface area contributed by atoms with Crippen molar-refractivity contribution in [1.82, 2.24) is 9.55 Å². The van der Waals surface area contributed by atoms with E-state index in [0.29, 0.717) is 18.0 Å². The molecular weight excluding hydrogens is 418 g/mol. The van der Waals surface area contributed by atoms with Crippen molar-refractivity contribution in [1.29, 1.82) is 4.78 Å². The number of unbranched alkanes of at least 4 members (excludes halogenated alkanes) is 1. The summed E-state index contributed by atoms with van der Waals surface area (Å²) in [6, 6.07) is 11.5. The van der Waals surface area contributed by atoms with Gasteiger partial charge in [0.2, 0.25) is 5.95 Å². The lowest BCUT2D eigenvalue weighted by Crippen LogP contribution is -2.17. The van der Waals surface area contributed by atoms with E-state index in [4.69, 9.17) is 9.52 Å². The first kappa shape index (κ1) is 22.2. The van der Waals surface area contributed by atoms with Crippen LogP contribution in [0.2, 0.25) is 0 Å². The van der Waals surface area contributed by atoms with Gasteiger partial charge in [0.25, 0.3) is 0 Å². The van der Waals surface area contributed by atoms with Crippen LogP contribution in [-0.4, -0.2) is 31.4 Å². The van der Waals surface area contributed by atoms with Gasteiger partial charge in [0.15, 0.2) is 15.7 Å². The van der Waals surface area contributed by atoms with Crippen molar-refractivity contribution in [3.8, 4) is 11.5 Å². The summed E-state index contributed by atoms with van der Waals surface area (Å²) in [6.07, 6.45) is 4.93. The number of benzene rings is 2. The lowest BCUT2D eigenvalue weighted by molar-refractivity contribution is 0.0696. The maximum atomic E-state index is 13.5. The highest BCUT2D eigenvalue weighted by Gasteiger charge is 2.25. The number of nitrogens with one attached hydrogen (secondary N) is 3. The monoisotopic (exact) mass is 443 g/mol. The third kappa shape index (κ3) is 5.34. The number of aryl methyl sites for hydroxylation is 1. The van der Waals surface area contributed by atoms with E-state index >= 15 is 0 Å². The van der Waals surface area contributed by atoms with E-state index in [2.05, 4.69) is 15.0 Å². The van der Waals surface area contributed by atoms with Gasteiger partial charge in [0, 0.05) is 26.0 Å². The molecule has 31 heavy (non-hydrogen) atoms.